The van der Waals surface area contributed by atoms with Gasteiger partial charge in [0.05, 0.1) is 30.7 Å². The molecule has 0 saturated carbocycles. The van der Waals surface area contributed by atoms with Crippen molar-refractivity contribution in [3.05, 3.63) is 18.0 Å². The Morgan fingerprint density at radius 1 is 1.45 bits per heavy atom. The van der Waals surface area contributed by atoms with Crippen molar-refractivity contribution in [2.75, 3.05) is 12.9 Å². The van der Waals surface area contributed by atoms with Crippen molar-refractivity contribution >= 4 is 34.7 Å². The number of aromatic carboxylic acids is 1. The Morgan fingerprint density at radius 3 is 2.85 bits per heavy atom. The molecule has 7 nitrogen and oxygen atoms in total. The molecule has 0 amide bonds. The molecule has 0 aliphatic heterocycles. The molecule has 0 bridgehead atoms. The molecule has 0 radical (unpaired) electrons. The molecular formula is C12H13N3O4S. The second kappa shape index (κ2) is 5.91. The van der Waals surface area contributed by atoms with E-state index in [1.54, 1.807) is 17.9 Å². The van der Waals surface area contributed by atoms with Crippen molar-refractivity contribution in [2.45, 2.75) is 11.3 Å². The highest BCUT2D eigenvalue weighted by Gasteiger charge is 2.17. The molecular weight excluding hydrogens is 282 g/mol. The second-order valence-corrected chi connectivity index (χ2v) is 5.09. The van der Waals surface area contributed by atoms with Crippen LogP contribution in [0.4, 0.5) is 0 Å². The average molecular weight is 295 g/mol. The van der Waals surface area contributed by atoms with Gasteiger partial charge in [-0.2, -0.15) is 5.10 Å². The Balaban J connectivity index is 2.34. The van der Waals surface area contributed by atoms with Crippen LogP contribution in [0.1, 0.15) is 16.8 Å². The van der Waals surface area contributed by atoms with Gasteiger partial charge in [0, 0.05) is 23.9 Å². The van der Waals surface area contributed by atoms with Gasteiger partial charge in [0.2, 0.25) is 0 Å². The van der Waals surface area contributed by atoms with E-state index in [0.717, 1.165) is 0 Å². The number of carboxylic acid groups (broad SMARTS) is 1. The zero-order valence-corrected chi connectivity index (χ0v) is 11.8. The van der Waals surface area contributed by atoms with Crippen LogP contribution in [0, 0.1) is 0 Å². The topological polar surface area (TPSA) is 94.3 Å². The number of pyridine rings is 1. The fourth-order valence-electron chi connectivity index (χ4n) is 1.72. The van der Waals surface area contributed by atoms with Gasteiger partial charge in [0.15, 0.2) is 5.65 Å². The summed E-state index contributed by atoms with van der Waals surface area (Å²) in [4.78, 5) is 27.0. The highest BCUT2D eigenvalue weighted by molar-refractivity contribution is 7.99. The normalized spacial score (nSPS) is 10.7. The first kappa shape index (κ1) is 14.3. The summed E-state index contributed by atoms with van der Waals surface area (Å²) >= 11 is 1.29. The van der Waals surface area contributed by atoms with Gasteiger partial charge in [-0.3, -0.25) is 9.48 Å². The van der Waals surface area contributed by atoms with E-state index >= 15 is 0 Å². The number of hydrogen-bond donors (Lipinski definition) is 1. The van der Waals surface area contributed by atoms with E-state index < -0.39 is 5.97 Å². The Kier molecular flexibility index (Phi) is 4.23. The summed E-state index contributed by atoms with van der Waals surface area (Å²) in [6.45, 7) is 0. The maximum Gasteiger partial charge on any atom is 0.338 e. The molecule has 20 heavy (non-hydrogen) atoms. The van der Waals surface area contributed by atoms with Crippen molar-refractivity contribution in [1.82, 2.24) is 14.8 Å². The zero-order valence-electron chi connectivity index (χ0n) is 11.0. The smallest absolute Gasteiger partial charge is 0.338 e. The largest absolute Gasteiger partial charge is 0.478 e. The van der Waals surface area contributed by atoms with Gasteiger partial charge in [0.1, 0.15) is 0 Å². The van der Waals surface area contributed by atoms with Crippen LogP contribution in [-0.2, 0) is 16.6 Å². The molecule has 0 saturated heterocycles. The number of carbonyl (C=O) groups excluding carboxylic acids is 1. The lowest BCUT2D eigenvalue weighted by Crippen LogP contribution is -2.04. The van der Waals surface area contributed by atoms with E-state index in [1.807, 2.05) is 0 Å². The van der Waals surface area contributed by atoms with E-state index in [2.05, 4.69) is 14.8 Å². The quantitative estimate of drug-likeness (QED) is 0.656. The van der Waals surface area contributed by atoms with E-state index in [0.29, 0.717) is 21.7 Å². The number of carboxylic acids is 1. The summed E-state index contributed by atoms with van der Waals surface area (Å²) in [6.07, 6.45) is 3.10. The Morgan fingerprint density at radius 2 is 2.20 bits per heavy atom. The molecule has 0 aliphatic rings. The molecule has 1 N–H and O–H groups in total. The van der Waals surface area contributed by atoms with Gasteiger partial charge in [-0.05, 0) is 0 Å². The van der Waals surface area contributed by atoms with Crippen LogP contribution in [0.25, 0.3) is 11.0 Å². The van der Waals surface area contributed by atoms with Crippen LogP contribution in [0.2, 0.25) is 0 Å². The predicted molar refractivity (Wildman–Crippen MR) is 72.8 cm³/mol. The lowest BCUT2D eigenvalue weighted by atomic mass is 10.2. The number of methoxy groups -OCH3 is 1. The standard InChI is InChI=1S/C12H13N3O4S/c1-15-11-7(6-14-15)10(8(5-13-11)12(17)18)20-4-3-9(16)19-2/h5-6H,3-4H2,1-2H3,(H,17,18). The van der Waals surface area contributed by atoms with Crippen molar-refractivity contribution in [3.63, 3.8) is 0 Å². The van der Waals surface area contributed by atoms with Crippen molar-refractivity contribution < 1.29 is 19.4 Å². The average Bonchev–Trinajstić information content (AvgIpc) is 2.80. The highest BCUT2D eigenvalue weighted by atomic mass is 32.2. The Bertz CT molecular complexity index is 668. The monoisotopic (exact) mass is 295 g/mol. The van der Waals surface area contributed by atoms with Gasteiger partial charge in [-0.15, -0.1) is 11.8 Å². The molecule has 106 valence electrons. The minimum absolute atomic E-state index is 0.111. The van der Waals surface area contributed by atoms with Crippen LogP contribution in [0.15, 0.2) is 17.3 Å². The number of hydrogen-bond acceptors (Lipinski definition) is 6. The van der Waals surface area contributed by atoms with E-state index in [-0.39, 0.29) is 18.0 Å². The maximum absolute atomic E-state index is 11.3. The molecule has 0 aromatic carbocycles. The third kappa shape index (κ3) is 2.74. The minimum atomic E-state index is -1.05. The number of aryl methyl sites for hydroxylation is 1. The summed E-state index contributed by atoms with van der Waals surface area (Å²) in [5.41, 5.74) is 0.718. The van der Waals surface area contributed by atoms with Crippen LogP contribution < -0.4 is 0 Å². The van der Waals surface area contributed by atoms with Gasteiger partial charge in [-0.1, -0.05) is 0 Å². The van der Waals surface area contributed by atoms with E-state index in [1.165, 1.54) is 25.1 Å². The highest BCUT2D eigenvalue weighted by Crippen LogP contribution is 2.30. The molecule has 2 aromatic heterocycles. The maximum atomic E-state index is 11.3. The molecule has 2 rings (SSSR count). The number of carbonyl (C=O) groups is 2. The Labute approximate surface area is 118 Å². The first-order valence-corrected chi connectivity index (χ1v) is 6.76. The van der Waals surface area contributed by atoms with E-state index in [9.17, 15) is 14.7 Å². The van der Waals surface area contributed by atoms with Crippen LogP contribution >= 0.6 is 11.8 Å². The number of esters is 1. The lowest BCUT2D eigenvalue weighted by Gasteiger charge is -2.06. The molecule has 2 aromatic rings. The summed E-state index contributed by atoms with van der Waals surface area (Å²) in [5.74, 6) is -0.948. The van der Waals surface area contributed by atoms with Crippen LogP contribution in [-0.4, -0.2) is 44.7 Å². The SMILES string of the molecule is COC(=O)CCSc1c(C(=O)O)cnc2c1cnn2C. The molecule has 0 atom stereocenters. The lowest BCUT2D eigenvalue weighted by molar-refractivity contribution is -0.140. The van der Waals surface area contributed by atoms with Gasteiger partial charge in [-0.25, -0.2) is 9.78 Å². The molecule has 0 unspecified atom stereocenters. The number of ether oxygens (including phenoxy) is 1. The van der Waals surface area contributed by atoms with Crippen molar-refractivity contribution in [3.8, 4) is 0 Å². The summed E-state index contributed by atoms with van der Waals surface area (Å²) < 4.78 is 6.13. The Hall–Kier alpha value is -2.09. The zero-order chi connectivity index (χ0) is 14.7. The fraction of sp³-hybridized carbons (Fsp3) is 0.333. The number of aromatic nitrogens is 3. The first-order chi connectivity index (χ1) is 9.54. The molecule has 0 aliphatic carbocycles. The van der Waals surface area contributed by atoms with Gasteiger partial charge >= 0.3 is 11.9 Å². The number of thioether (sulfide) groups is 1. The predicted octanol–water partition coefficient (Wildman–Crippen LogP) is 1.32. The van der Waals surface area contributed by atoms with Crippen molar-refractivity contribution in [1.29, 1.82) is 0 Å². The molecule has 8 heteroatoms. The van der Waals surface area contributed by atoms with Gasteiger partial charge < -0.3 is 9.84 Å². The third-order valence-electron chi connectivity index (χ3n) is 2.72. The fourth-order valence-corrected chi connectivity index (χ4v) is 2.79. The molecule has 2 heterocycles. The van der Waals surface area contributed by atoms with Crippen LogP contribution in [0.3, 0.4) is 0 Å². The van der Waals surface area contributed by atoms with Crippen LogP contribution in [0.5, 0.6) is 0 Å². The minimum Gasteiger partial charge on any atom is -0.478 e. The molecule has 0 spiro atoms. The van der Waals surface area contributed by atoms with Gasteiger partial charge in [0.25, 0.3) is 0 Å². The van der Waals surface area contributed by atoms with E-state index in [4.69, 9.17) is 0 Å². The number of nitrogens with zero attached hydrogens (tertiary/aromatic N) is 3. The number of rotatable bonds is 5. The second-order valence-electron chi connectivity index (χ2n) is 3.99. The third-order valence-corrected chi connectivity index (χ3v) is 3.86. The summed E-state index contributed by atoms with van der Waals surface area (Å²) in [7, 11) is 3.06. The summed E-state index contributed by atoms with van der Waals surface area (Å²) in [6, 6.07) is 0. The summed E-state index contributed by atoms with van der Waals surface area (Å²) in [5, 5.41) is 14.0. The number of fused-ring (bicyclic) bond motifs is 1. The van der Waals surface area contributed by atoms with Crippen molar-refractivity contribution in [2.24, 2.45) is 7.05 Å². The first-order valence-electron chi connectivity index (χ1n) is 5.78. The molecule has 0 fully saturated rings.